The lowest BCUT2D eigenvalue weighted by Gasteiger charge is -2.22. The van der Waals surface area contributed by atoms with E-state index in [1.54, 1.807) is 29.6 Å². The molecule has 0 aromatic heterocycles. The second-order valence-electron chi connectivity index (χ2n) is 5.52. The molecule has 8 nitrogen and oxygen atoms in total. The van der Waals surface area contributed by atoms with Gasteiger partial charge < -0.3 is 15.7 Å². The van der Waals surface area contributed by atoms with Gasteiger partial charge in [0.1, 0.15) is 4.71 Å². The average Bonchev–Trinajstić information content (AvgIpc) is 3.21. The molecule has 3 N–H and O–H groups in total. The molecule has 3 rings (SSSR count). The van der Waals surface area contributed by atoms with Crippen molar-refractivity contribution >= 4 is 47.3 Å². The second-order valence-corrected chi connectivity index (χ2v) is 8.19. The van der Waals surface area contributed by atoms with Crippen LogP contribution in [-0.2, 0) is 4.79 Å². The third-order valence-electron chi connectivity index (χ3n) is 3.78. The monoisotopic (exact) mass is 382 g/mol. The molecule has 0 saturated carbocycles. The van der Waals surface area contributed by atoms with E-state index in [2.05, 4.69) is 15.6 Å². The molecule has 0 aromatic carbocycles. The van der Waals surface area contributed by atoms with E-state index in [4.69, 9.17) is 5.11 Å². The third-order valence-corrected chi connectivity index (χ3v) is 6.52. The molecule has 0 spiro atoms. The molecule has 10 heteroatoms. The fraction of sp³-hybridized carbons (Fsp3) is 0.467. The van der Waals surface area contributed by atoms with Crippen molar-refractivity contribution in [2.45, 2.75) is 17.5 Å². The topological polar surface area (TPSA) is 111 Å². The molecule has 0 bridgehead atoms. The lowest BCUT2D eigenvalue weighted by molar-refractivity contribution is -0.136. The molecule has 0 atom stereocenters. The van der Waals surface area contributed by atoms with Crippen molar-refractivity contribution in [3.63, 3.8) is 0 Å². The first kappa shape index (κ1) is 17.9. The summed E-state index contributed by atoms with van der Waals surface area (Å²) in [5.41, 5.74) is 1.54. The van der Waals surface area contributed by atoms with Crippen LogP contribution in [0.2, 0.25) is 0 Å². The number of amides is 4. The van der Waals surface area contributed by atoms with Crippen LogP contribution in [0, 0.1) is 0 Å². The van der Waals surface area contributed by atoms with Crippen LogP contribution < -0.4 is 10.6 Å². The zero-order valence-electron chi connectivity index (χ0n) is 13.4. The molecule has 2 aliphatic heterocycles. The minimum absolute atomic E-state index is 0.0505. The lowest BCUT2D eigenvalue weighted by Crippen LogP contribution is -2.43. The summed E-state index contributed by atoms with van der Waals surface area (Å²) in [6, 6.07) is -1.02. The standard InChI is InChI=1S/C15H18N4O4S2/c20-11(21)8-9-2-1-3-10(17-15-24-6-7-25-15)12(9)18-14(23)19-5-4-16-13(19)22/h1-2,15H,3-8H2,(H,16,22)(H,18,23)(H,20,21). The Hall–Kier alpha value is -1.94. The summed E-state index contributed by atoms with van der Waals surface area (Å²) in [7, 11) is 0. The smallest absolute Gasteiger partial charge is 0.330 e. The summed E-state index contributed by atoms with van der Waals surface area (Å²) >= 11 is 3.45. The summed E-state index contributed by atoms with van der Waals surface area (Å²) in [6.45, 7) is 0.687. The van der Waals surface area contributed by atoms with Crippen LogP contribution >= 0.6 is 23.5 Å². The number of carboxylic acid groups (broad SMARTS) is 1. The Balaban J connectivity index is 1.86. The summed E-state index contributed by atoms with van der Waals surface area (Å²) in [5.74, 6) is 1.04. The van der Waals surface area contributed by atoms with Crippen LogP contribution in [0.15, 0.2) is 28.4 Å². The first-order valence-corrected chi connectivity index (χ1v) is 9.92. The van der Waals surface area contributed by atoms with Crippen molar-refractivity contribution in [3.05, 3.63) is 23.4 Å². The molecule has 2 heterocycles. The minimum Gasteiger partial charge on any atom is -0.481 e. The molecule has 134 valence electrons. The molecule has 3 aliphatic rings. The molecule has 25 heavy (non-hydrogen) atoms. The number of aliphatic imine (C=N–C) groups is 1. The SMILES string of the molecule is O=C(O)CC1=C(NC(=O)N2CCNC2=O)C(=NC2SCCS2)CC=C1. The van der Waals surface area contributed by atoms with Crippen LogP contribution in [0.3, 0.4) is 0 Å². The zero-order valence-corrected chi connectivity index (χ0v) is 15.0. The maximum Gasteiger partial charge on any atom is 0.330 e. The summed E-state index contributed by atoms with van der Waals surface area (Å²) in [6.07, 6.45) is 3.84. The lowest BCUT2D eigenvalue weighted by atomic mass is 9.98. The summed E-state index contributed by atoms with van der Waals surface area (Å²) < 4.78 is 0.0505. The molecule has 2 saturated heterocycles. The highest BCUT2D eigenvalue weighted by atomic mass is 32.2. The molecule has 0 radical (unpaired) electrons. The molecular formula is C15H18N4O4S2. The van der Waals surface area contributed by atoms with Gasteiger partial charge in [0.05, 0.1) is 17.8 Å². The van der Waals surface area contributed by atoms with Gasteiger partial charge >= 0.3 is 18.0 Å². The van der Waals surface area contributed by atoms with Gasteiger partial charge in [0.15, 0.2) is 0 Å². The number of thioether (sulfide) groups is 2. The molecule has 1 aliphatic carbocycles. The fourth-order valence-electron chi connectivity index (χ4n) is 2.65. The van der Waals surface area contributed by atoms with E-state index in [9.17, 15) is 14.4 Å². The van der Waals surface area contributed by atoms with Gasteiger partial charge in [0, 0.05) is 31.0 Å². The van der Waals surface area contributed by atoms with Crippen molar-refractivity contribution in [2.24, 2.45) is 4.99 Å². The first-order chi connectivity index (χ1) is 12.0. The van der Waals surface area contributed by atoms with Gasteiger partial charge in [0.25, 0.3) is 0 Å². The number of carboxylic acids is 1. The van der Waals surface area contributed by atoms with E-state index >= 15 is 0 Å². The summed E-state index contributed by atoms with van der Waals surface area (Å²) in [5, 5.41) is 14.4. The number of carbonyl (C=O) groups is 3. The van der Waals surface area contributed by atoms with E-state index in [1.807, 2.05) is 6.08 Å². The quantitative estimate of drug-likeness (QED) is 0.681. The van der Waals surface area contributed by atoms with Crippen LogP contribution in [0.25, 0.3) is 0 Å². The number of hydrogen-bond acceptors (Lipinski definition) is 6. The van der Waals surface area contributed by atoms with Crippen molar-refractivity contribution in [3.8, 4) is 0 Å². The Morgan fingerprint density at radius 2 is 2.16 bits per heavy atom. The Morgan fingerprint density at radius 3 is 2.80 bits per heavy atom. The first-order valence-electron chi connectivity index (χ1n) is 7.82. The van der Waals surface area contributed by atoms with Gasteiger partial charge in [-0.05, 0) is 5.57 Å². The van der Waals surface area contributed by atoms with Crippen LogP contribution in [-0.4, -0.2) is 63.1 Å². The van der Waals surface area contributed by atoms with E-state index < -0.39 is 18.0 Å². The highest BCUT2D eigenvalue weighted by molar-refractivity contribution is 8.20. The van der Waals surface area contributed by atoms with Crippen LogP contribution in [0.5, 0.6) is 0 Å². The van der Waals surface area contributed by atoms with Gasteiger partial charge in [-0.3, -0.25) is 9.79 Å². The predicted octanol–water partition coefficient (Wildman–Crippen LogP) is 1.61. The number of carbonyl (C=O) groups excluding carboxylic acids is 2. The highest BCUT2D eigenvalue weighted by Crippen LogP contribution is 2.34. The number of imide groups is 1. The van der Waals surface area contributed by atoms with Crippen LogP contribution in [0.1, 0.15) is 12.8 Å². The minimum atomic E-state index is -0.990. The maximum absolute atomic E-state index is 12.4. The number of urea groups is 2. The van der Waals surface area contributed by atoms with Gasteiger partial charge in [-0.25, -0.2) is 14.5 Å². The molecule has 4 amide bonds. The molecule has 0 aromatic rings. The van der Waals surface area contributed by atoms with Crippen molar-refractivity contribution < 1.29 is 19.5 Å². The predicted molar refractivity (Wildman–Crippen MR) is 97.8 cm³/mol. The Kier molecular flexibility index (Phi) is 5.69. The van der Waals surface area contributed by atoms with Crippen molar-refractivity contribution in [1.29, 1.82) is 0 Å². The number of nitrogens with one attached hydrogen (secondary N) is 2. The number of allylic oxidation sites excluding steroid dienone is 3. The largest absolute Gasteiger partial charge is 0.481 e. The molecule has 0 unspecified atom stereocenters. The number of nitrogens with zero attached hydrogens (tertiary/aromatic N) is 2. The van der Waals surface area contributed by atoms with E-state index in [0.29, 0.717) is 29.9 Å². The van der Waals surface area contributed by atoms with E-state index in [-0.39, 0.29) is 17.7 Å². The van der Waals surface area contributed by atoms with Gasteiger partial charge in [0.2, 0.25) is 0 Å². The van der Waals surface area contributed by atoms with Crippen molar-refractivity contribution in [1.82, 2.24) is 15.5 Å². The van der Waals surface area contributed by atoms with Gasteiger partial charge in [-0.2, -0.15) is 0 Å². The highest BCUT2D eigenvalue weighted by Gasteiger charge is 2.29. The number of hydrogen-bond donors (Lipinski definition) is 3. The van der Waals surface area contributed by atoms with Crippen molar-refractivity contribution in [2.75, 3.05) is 24.6 Å². The number of rotatable bonds is 4. The Labute approximate surface area is 153 Å². The van der Waals surface area contributed by atoms with Gasteiger partial charge in [-0.1, -0.05) is 12.2 Å². The Morgan fingerprint density at radius 1 is 1.40 bits per heavy atom. The maximum atomic E-state index is 12.4. The number of aliphatic carboxylic acids is 1. The van der Waals surface area contributed by atoms with Gasteiger partial charge in [-0.15, -0.1) is 23.5 Å². The summed E-state index contributed by atoms with van der Waals surface area (Å²) in [4.78, 5) is 41.0. The molecular weight excluding hydrogens is 364 g/mol. The van der Waals surface area contributed by atoms with Crippen LogP contribution in [0.4, 0.5) is 9.59 Å². The second kappa shape index (κ2) is 7.96. The third kappa shape index (κ3) is 4.37. The zero-order chi connectivity index (χ0) is 17.8. The average molecular weight is 382 g/mol. The van der Waals surface area contributed by atoms with E-state index in [1.165, 1.54) is 0 Å². The molecule has 2 fully saturated rings. The normalized spacial score (nSPS) is 22.6. The fourth-order valence-corrected chi connectivity index (χ4v) is 5.19. The Bertz CT molecular complexity index is 683. The van der Waals surface area contributed by atoms with E-state index in [0.717, 1.165) is 16.4 Å².